The number of amides is 2. The first-order valence-corrected chi connectivity index (χ1v) is 13.5. The molecule has 2 aromatic carbocycles. The number of carbonyl (C=O) groups is 2. The van der Waals surface area contributed by atoms with Crippen LogP contribution >= 0.6 is 0 Å². The minimum atomic E-state index is -0.0899. The molecule has 194 valence electrons. The molecule has 2 amide bonds. The highest BCUT2D eigenvalue weighted by molar-refractivity contribution is 6.02. The van der Waals surface area contributed by atoms with Gasteiger partial charge in [0.2, 0.25) is 5.91 Å². The number of carbonyl (C=O) groups excluding carboxylic acids is 2. The van der Waals surface area contributed by atoms with E-state index < -0.39 is 0 Å². The molecule has 0 aromatic heterocycles. The van der Waals surface area contributed by atoms with Crippen LogP contribution in [0, 0.1) is 0 Å². The number of ether oxygens (including phenoxy) is 1. The topological polar surface area (TPSA) is 73.9 Å². The molecule has 1 fully saturated rings. The number of morpholine rings is 1. The number of anilines is 2. The maximum atomic E-state index is 13.4. The van der Waals surface area contributed by atoms with Crippen LogP contribution in [0.15, 0.2) is 42.5 Å². The van der Waals surface area contributed by atoms with E-state index in [1.165, 1.54) is 11.1 Å². The maximum absolute atomic E-state index is 13.4. The van der Waals surface area contributed by atoms with Crippen LogP contribution in [0.4, 0.5) is 11.4 Å². The summed E-state index contributed by atoms with van der Waals surface area (Å²) in [6.07, 6.45) is 5.35. The lowest BCUT2D eigenvalue weighted by molar-refractivity contribution is -0.116. The second-order valence-electron chi connectivity index (χ2n) is 9.74. The second-order valence-corrected chi connectivity index (χ2v) is 9.74. The molecule has 1 saturated heterocycles. The summed E-state index contributed by atoms with van der Waals surface area (Å²) in [4.78, 5) is 30.4. The predicted molar refractivity (Wildman–Crippen MR) is 145 cm³/mol. The number of fused-ring (bicyclic) bond motifs is 1. The Labute approximate surface area is 215 Å². The molecule has 0 spiro atoms. The van der Waals surface area contributed by atoms with Gasteiger partial charge >= 0.3 is 0 Å². The molecule has 0 aliphatic carbocycles. The van der Waals surface area contributed by atoms with Gasteiger partial charge < -0.3 is 20.3 Å². The Morgan fingerprint density at radius 3 is 2.58 bits per heavy atom. The van der Waals surface area contributed by atoms with Crippen molar-refractivity contribution in [3.05, 3.63) is 59.2 Å². The van der Waals surface area contributed by atoms with Crippen LogP contribution in [0.25, 0.3) is 0 Å². The van der Waals surface area contributed by atoms with Gasteiger partial charge in [0.15, 0.2) is 0 Å². The maximum Gasteiger partial charge on any atom is 0.253 e. The molecule has 2 aromatic rings. The fourth-order valence-corrected chi connectivity index (χ4v) is 4.96. The van der Waals surface area contributed by atoms with Crippen molar-refractivity contribution in [1.29, 1.82) is 0 Å². The van der Waals surface area contributed by atoms with Crippen molar-refractivity contribution < 1.29 is 14.3 Å². The third kappa shape index (κ3) is 7.31. The molecular formula is C29H40N4O3. The van der Waals surface area contributed by atoms with E-state index in [0.717, 1.165) is 83.7 Å². The van der Waals surface area contributed by atoms with E-state index in [0.29, 0.717) is 24.2 Å². The minimum absolute atomic E-state index is 0.0000286. The summed E-state index contributed by atoms with van der Waals surface area (Å²) in [5.74, 6) is -0.0899. The monoisotopic (exact) mass is 492 g/mol. The summed E-state index contributed by atoms with van der Waals surface area (Å²) in [5, 5.41) is 6.12. The molecule has 36 heavy (non-hydrogen) atoms. The first kappa shape index (κ1) is 26.2. The molecule has 0 unspecified atom stereocenters. The predicted octanol–water partition coefficient (Wildman–Crippen LogP) is 4.22. The van der Waals surface area contributed by atoms with Gasteiger partial charge in [-0.05, 0) is 55.1 Å². The van der Waals surface area contributed by atoms with E-state index in [-0.39, 0.29) is 11.8 Å². The number of unbranched alkanes of at least 4 members (excludes halogenated alkanes) is 2. The summed E-state index contributed by atoms with van der Waals surface area (Å²) in [7, 11) is 0. The Morgan fingerprint density at radius 2 is 1.78 bits per heavy atom. The third-order valence-electron chi connectivity index (χ3n) is 7.04. The minimum Gasteiger partial charge on any atom is -0.379 e. The Bertz CT molecular complexity index is 1020. The van der Waals surface area contributed by atoms with Gasteiger partial charge in [-0.2, -0.15) is 0 Å². The molecular weight excluding hydrogens is 452 g/mol. The van der Waals surface area contributed by atoms with Crippen molar-refractivity contribution in [3.8, 4) is 0 Å². The normalized spacial score (nSPS) is 15.9. The van der Waals surface area contributed by atoms with Gasteiger partial charge in [0.05, 0.1) is 18.8 Å². The van der Waals surface area contributed by atoms with Gasteiger partial charge in [0, 0.05) is 50.5 Å². The van der Waals surface area contributed by atoms with Crippen molar-refractivity contribution in [2.45, 2.75) is 52.0 Å². The summed E-state index contributed by atoms with van der Waals surface area (Å²) in [6, 6.07) is 14.2. The van der Waals surface area contributed by atoms with Gasteiger partial charge in [-0.3, -0.25) is 14.5 Å². The van der Waals surface area contributed by atoms with Crippen LogP contribution in [0.5, 0.6) is 0 Å². The Hall–Kier alpha value is -2.90. The van der Waals surface area contributed by atoms with E-state index in [1.807, 2.05) is 18.2 Å². The Balaban J connectivity index is 1.44. The number of benzene rings is 2. The standard InChI is InChI=1S/C29H40N4O3/c1-2-3-4-10-28(34)31-25-11-12-27(33-16-13-23-8-5-6-9-24(23)22-33)26(21-25)29(35)30-14-7-15-32-17-19-36-20-18-32/h5-6,8-9,11-12,21H,2-4,7,10,13-20,22H2,1H3,(H,30,35)(H,31,34). The van der Waals surface area contributed by atoms with Crippen LogP contribution < -0.4 is 15.5 Å². The van der Waals surface area contributed by atoms with E-state index in [4.69, 9.17) is 4.74 Å². The first-order chi connectivity index (χ1) is 17.6. The van der Waals surface area contributed by atoms with Gasteiger partial charge in [-0.25, -0.2) is 0 Å². The quantitative estimate of drug-likeness (QED) is 0.460. The second kappa shape index (κ2) is 13.4. The highest BCUT2D eigenvalue weighted by Gasteiger charge is 2.22. The Kier molecular flexibility index (Phi) is 9.76. The summed E-state index contributed by atoms with van der Waals surface area (Å²) >= 11 is 0. The molecule has 0 radical (unpaired) electrons. The Morgan fingerprint density at radius 1 is 0.972 bits per heavy atom. The average Bonchev–Trinajstić information content (AvgIpc) is 2.91. The smallest absolute Gasteiger partial charge is 0.253 e. The molecule has 0 atom stereocenters. The van der Waals surface area contributed by atoms with Crippen molar-refractivity contribution in [3.63, 3.8) is 0 Å². The van der Waals surface area contributed by atoms with E-state index in [9.17, 15) is 9.59 Å². The molecule has 2 N–H and O–H groups in total. The number of nitrogens with zero attached hydrogens (tertiary/aromatic N) is 2. The highest BCUT2D eigenvalue weighted by atomic mass is 16.5. The van der Waals surface area contributed by atoms with E-state index in [2.05, 4.69) is 51.6 Å². The van der Waals surface area contributed by atoms with Crippen molar-refractivity contribution in [1.82, 2.24) is 10.2 Å². The van der Waals surface area contributed by atoms with E-state index in [1.54, 1.807) is 0 Å². The van der Waals surface area contributed by atoms with Crippen molar-refractivity contribution in [2.24, 2.45) is 0 Å². The van der Waals surface area contributed by atoms with Crippen LogP contribution in [0.3, 0.4) is 0 Å². The van der Waals surface area contributed by atoms with Gasteiger partial charge in [-0.1, -0.05) is 44.0 Å². The number of hydrogen-bond donors (Lipinski definition) is 2. The highest BCUT2D eigenvalue weighted by Crippen LogP contribution is 2.29. The number of rotatable bonds is 11. The molecule has 2 heterocycles. The van der Waals surface area contributed by atoms with Crippen LogP contribution in [-0.4, -0.2) is 62.7 Å². The number of hydrogen-bond acceptors (Lipinski definition) is 5. The van der Waals surface area contributed by atoms with Gasteiger partial charge in [-0.15, -0.1) is 0 Å². The molecule has 2 aliphatic rings. The molecule has 0 saturated carbocycles. The van der Waals surface area contributed by atoms with Gasteiger partial charge in [0.1, 0.15) is 0 Å². The fourth-order valence-electron chi connectivity index (χ4n) is 4.96. The number of nitrogens with one attached hydrogen (secondary N) is 2. The molecule has 7 nitrogen and oxygen atoms in total. The zero-order chi connectivity index (χ0) is 25.2. The van der Waals surface area contributed by atoms with Crippen LogP contribution in [-0.2, 0) is 22.5 Å². The first-order valence-electron chi connectivity index (χ1n) is 13.5. The summed E-state index contributed by atoms with van der Waals surface area (Å²) < 4.78 is 5.41. The zero-order valence-electron chi connectivity index (χ0n) is 21.6. The lowest BCUT2D eigenvalue weighted by atomic mass is 9.98. The molecule has 0 bridgehead atoms. The van der Waals surface area contributed by atoms with Crippen molar-refractivity contribution in [2.75, 3.05) is 56.2 Å². The van der Waals surface area contributed by atoms with E-state index >= 15 is 0 Å². The molecule has 4 rings (SSSR count). The lowest BCUT2D eigenvalue weighted by Gasteiger charge is -2.32. The lowest BCUT2D eigenvalue weighted by Crippen LogP contribution is -2.38. The SMILES string of the molecule is CCCCCC(=O)Nc1ccc(N2CCc3ccccc3C2)c(C(=O)NCCCN2CCOCC2)c1. The average molecular weight is 493 g/mol. The zero-order valence-corrected chi connectivity index (χ0v) is 21.6. The summed E-state index contributed by atoms with van der Waals surface area (Å²) in [6.45, 7) is 8.80. The largest absolute Gasteiger partial charge is 0.379 e. The van der Waals surface area contributed by atoms with Crippen LogP contribution in [0.1, 0.15) is 60.5 Å². The van der Waals surface area contributed by atoms with Crippen molar-refractivity contribution >= 4 is 23.2 Å². The molecule has 2 aliphatic heterocycles. The molecule has 7 heteroatoms. The van der Waals surface area contributed by atoms with Gasteiger partial charge in [0.25, 0.3) is 5.91 Å². The van der Waals surface area contributed by atoms with Crippen LogP contribution in [0.2, 0.25) is 0 Å². The summed E-state index contributed by atoms with van der Waals surface area (Å²) in [5.41, 5.74) is 4.88. The fraction of sp³-hybridized carbons (Fsp3) is 0.517. The third-order valence-corrected chi connectivity index (χ3v) is 7.04.